The van der Waals surface area contributed by atoms with Crippen LogP contribution in [0.3, 0.4) is 0 Å². The zero-order valence-electron chi connectivity index (χ0n) is 15.2. The van der Waals surface area contributed by atoms with Crippen LogP contribution in [0.5, 0.6) is 0 Å². The lowest BCUT2D eigenvalue weighted by molar-refractivity contribution is -0.160. The Bertz CT molecular complexity index is 651. The maximum atomic E-state index is 11.1. The van der Waals surface area contributed by atoms with Crippen LogP contribution >= 0.6 is 0 Å². The predicted molar refractivity (Wildman–Crippen MR) is 94.3 cm³/mol. The first-order chi connectivity index (χ1) is 11.7. The summed E-state index contributed by atoms with van der Waals surface area (Å²) in [7, 11) is 0. The van der Waals surface area contributed by atoms with Gasteiger partial charge in [0.1, 0.15) is 0 Å². The van der Waals surface area contributed by atoms with Crippen LogP contribution in [0.2, 0.25) is 0 Å². The molecule has 0 radical (unpaired) electrons. The molecule has 0 aromatic rings. The summed E-state index contributed by atoms with van der Waals surface area (Å²) >= 11 is 0. The van der Waals surface area contributed by atoms with E-state index in [1.54, 1.807) is 0 Å². The summed E-state index contributed by atoms with van der Waals surface area (Å²) in [6.07, 6.45) is 10.2. The third kappa shape index (κ3) is 2.04. The Morgan fingerprint density at radius 2 is 1.96 bits per heavy atom. The zero-order valence-corrected chi connectivity index (χ0v) is 15.2. The van der Waals surface area contributed by atoms with Gasteiger partial charge in [0, 0.05) is 5.41 Å². The van der Waals surface area contributed by atoms with Crippen LogP contribution < -0.4 is 0 Å². The van der Waals surface area contributed by atoms with Crippen molar-refractivity contribution in [3.05, 3.63) is 11.6 Å². The number of hydrogen-bond donors (Lipinski definition) is 4. The van der Waals surface area contributed by atoms with E-state index in [4.69, 9.17) is 6.42 Å². The molecule has 138 valence electrons. The Labute approximate surface area is 150 Å². The monoisotopic (exact) mass is 346 g/mol. The molecule has 4 nitrogen and oxygen atoms in total. The Morgan fingerprint density at radius 3 is 2.64 bits per heavy atom. The molecule has 25 heavy (non-hydrogen) atoms. The summed E-state index contributed by atoms with van der Waals surface area (Å²) in [4.78, 5) is 0. The minimum Gasteiger partial charge on any atom is -0.393 e. The van der Waals surface area contributed by atoms with Crippen molar-refractivity contribution in [2.45, 2.75) is 76.3 Å². The minimum absolute atomic E-state index is 0.0958. The van der Waals surface area contributed by atoms with E-state index in [1.807, 2.05) is 6.92 Å². The second-order valence-electron chi connectivity index (χ2n) is 9.43. The number of hydrogen-bond acceptors (Lipinski definition) is 4. The lowest BCUT2D eigenvalue weighted by Crippen LogP contribution is -2.60. The average Bonchev–Trinajstić information content (AvgIpc) is 2.76. The van der Waals surface area contributed by atoms with Gasteiger partial charge in [0.2, 0.25) is 0 Å². The summed E-state index contributed by atoms with van der Waals surface area (Å²) in [6, 6.07) is 0. The second kappa shape index (κ2) is 5.33. The molecule has 4 aliphatic rings. The topological polar surface area (TPSA) is 80.9 Å². The van der Waals surface area contributed by atoms with Gasteiger partial charge in [-0.05, 0) is 61.7 Å². The number of aliphatic hydroxyl groups excluding tert-OH is 3. The minimum atomic E-state index is -1.57. The van der Waals surface area contributed by atoms with Crippen molar-refractivity contribution < 1.29 is 20.4 Å². The van der Waals surface area contributed by atoms with Crippen LogP contribution in [0, 0.1) is 40.9 Å². The third-order valence-electron chi connectivity index (χ3n) is 8.45. The van der Waals surface area contributed by atoms with Crippen molar-refractivity contribution in [3.63, 3.8) is 0 Å². The van der Waals surface area contributed by atoms with E-state index >= 15 is 0 Å². The smallest absolute Gasteiger partial charge is 0.156 e. The highest BCUT2D eigenvalue weighted by atomic mass is 16.3. The van der Waals surface area contributed by atoms with E-state index < -0.39 is 23.2 Å². The Kier molecular flexibility index (Phi) is 3.74. The first-order valence-corrected chi connectivity index (χ1v) is 9.61. The van der Waals surface area contributed by atoms with E-state index in [-0.39, 0.29) is 29.3 Å². The van der Waals surface area contributed by atoms with Gasteiger partial charge >= 0.3 is 0 Å². The molecule has 4 heteroatoms. The molecule has 4 unspecified atom stereocenters. The van der Waals surface area contributed by atoms with Crippen LogP contribution in [0.25, 0.3) is 0 Å². The Morgan fingerprint density at radius 1 is 1.24 bits per heavy atom. The number of rotatable bonds is 0. The van der Waals surface area contributed by atoms with Gasteiger partial charge in [-0.3, -0.25) is 0 Å². The summed E-state index contributed by atoms with van der Waals surface area (Å²) in [5.41, 5.74) is -1.07. The van der Waals surface area contributed by atoms with Crippen LogP contribution in [-0.2, 0) is 0 Å². The molecule has 0 heterocycles. The second-order valence-corrected chi connectivity index (χ2v) is 9.43. The van der Waals surface area contributed by atoms with E-state index in [0.717, 1.165) is 19.3 Å². The maximum Gasteiger partial charge on any atom is 0.156 e. The molecule has 9 atom stereocenters. The van der Waals surface area contributed by atoms with Crippen molar-refractivity contribution >= 4 is 0 Å². The molecule has 4 N–H and O–H groups in total. The molecule has 0 aliphatic heterocycles. The van der Waals surface area contributed by atoms with E-state index in [1.165, 1.54) is 5.57 Å². The van der Waals surface area contributed by atoms with Crippen molar-refractivity contribution in [1.82, 2.24) is 0 Å². The first-order valence-electron chi connectivity index (χ1n) is 9.61. The fraction of sp³-hybridized carbons (Fsp3) is 0.810. The van der Waals surface area contributed by atoms with Gasteiger partial charge in [-0.2, -0.15) is 0 Å². The molecular formula is C21H30O4. The largest absolute Gasteiger partial charge is 0.393 e. The lowest BCUT2D eigenvalue weighted by atomic mass is 9.46. The Hall–Kier alpha value is -0.860. The van der Waals surface area contributed by atoms with Crippen molar-refractivity contribution in [3.8, 4) is 12.3 Å². The molecule has 0 aromatic carbocycles. The quantitative estimate of drug-likeness (QED) is 0.397. The number of terminal acetylenes is 1. The maximum absolute atomic E-state index is 11.1. The normalized spacial score (nSPS) is 57.7. The third-order valence-corrected chi connectivity index (χ3v) is 8.45. The molecule has 0 saturated heterocycles. The number of fused-ring (bicyclic) bond motifs is 5. The average molecular weight is 346 g/mol. The highest BCUT2D eigenvalue weighted by molar-refractivity contribution is 5.31. The molecule has 0 spiro atoms. The predicted octanol–water partition coefficient (Wildman–Crippen LogP) is 1.62. The van der Waals surface area contributed by atoms with E-state index in [2.05, 4.69) is 18.9 Å². The first kappa shape index (κ1) is 17.5. The van der Waals surface area contributed by atoms with Gasteiger partial charge in [0.05, 0.1) is 18.3 Å². The van der Waals surface area contributed by atoms with E-state index in [9.17, 15) is 20.4 Å². The summed E-state index contributed by atoms with van der Waals surface area (Å²) < 4.78 is 0. The van der Waals surface area contributed by atoms with Gasteiger partial charge in [0.25, 0.3) is 0 Å². The molecule has 4 rings (SSSR count). The molecule has 0 amide bonds. The van der Waals surface area contributed by atoms with Gasteiger partial charge < -0.3 is 20.4 Å². The van der Waals surface area contributed by atoms with Crippen molar-refractivity contribution in [2.24, 2.45) is 28.6 Å². The van der Waals surface area contributed by atoms with Gasteiger partial charge in [-0.25, -0.2) is 0 Å². The molecular weight excluding hydrogens is 316 g/mol. The summed E-state index contributed by atoms with van der Waals surface area (Å²) in [5.74, 6) is 2.86. The molecule has 4 aliphatic carbocycles. The highest BCUT2D eigenvalue weighted by Gasteiger charge is 2.68. The van der Waals surface area contributed by atoms with Crippen molar-refractivity contribution in [1.29, 1.82) is 0 Å². The number of aliphatic hydroxyl groups is 4. The molecule has 0 aromatic heterocycles. The van der Waals surface area contributed by atoms with Gasteiger partial charge in [-0.1, -0.05) is 31.4 Å². The molecule has 0 bridgehead atoms. The Balaban J connectivity index is 1.77. The molecule has 3 saturated carbocycles. The van der Waals surface area contributed by atoms with E-state index in [0.29, 0.717) is 19.3 Å². The fourth-order valence-corrected chi connectivity index (χ4v) is 7.05. The van der Waals surface area contributed by atoms with Crippen LogP contribution in [0.15, 0.2) is 11.6 Å². The fourth-order valence-electron chi connectivity index (χ4n) is 7.05. The lowest BCUT2D eigenvalue weighted by Gasteiger charge is -2.60. The summed E-state index contributed by atoms with van der Waals surface area (Å²) in [6.45, 7) is 4.17. The van der Waals surface area contributed by atoms with Gasteiger partial charge in [-0.15, -0.1) is 6.42 Å². The SMILES string of the molecule is C#CC1(O)C(O)C[C@H]2[C@@H]3CC=C4CC(O)CC[C@]4(C)[C@@H]3C(O)C[C@@]21C. The molecule has 3 fully saturated rings. The van der Waals surface area contributed by atoms with Gasteiger partial charge in [0.15, 0.2) is 5.60 Å². The van der Waals surface area contributed by atoms with Crippen LogP contribution in [0.1, 0.15) is 52.4 Å². The standard InChI is InChI=1S/C21H30O4/c1-4-21(25)17(24)10-15-14-6-5-12-9-13(22)7-8-19(12,2)18(14)16(23)11-20(15,21)3/h1,5,13-18,22-25H,6-11H2,2-3H3/t13?,14-,15-,16?,17?,18-,19-,20-,21?/m0/s1. The number of allylic oxidation sites excluding steroid dienone is 1. The van der Waals surface area contributed by atoms with Crippen LogP contribution in [0.4, 0.5) is 0 Å². The zero-order chi connectivity index (χ0) is 18.2. The van der Waals surface area contributed by atoms with Crippen molar-refractivity contribution in [2.75, 3.05) is 0 Å². The van der Waals surface area contributed by atoms with Crippen LogP contribution in [-0.4, -0.2) is 44.3 Å². The summed E-state index contributed by atoms with van der Waals surface area (Å²) in [5, 5.41) is 42.8. The highest BCUT2D eigenvalue weighted by Crippen LogP contribution is 2.66.